The molecule has 2 atom stereocenters. The molecular weight excluding hydrogens is 584 g/mol. The Hall–Kier alpha value is -3.37. The van der Waals surface area contributed by atoms with E-state index in [1.807, 2.05) is 6.07 Å². The van der Waals surface area contributed by atoms with Crippen LogP contribution in [0.1, 0.15) is 17.4 Å². The molecule has 5 rings (SSSR count). The molecule has 2 aromatic carbocycles. The normalized spacial score (nSPS) is 15.4. The van der Waals surface area contributed by atoms with Gasteiger partial charge in [0.2, 0.25) is 0 Å². The van der Waals surface area contributed by atoms with Crippen LogP contribution >= 0.6 is 37.2 Å². The molecule has 2 aromatic heterocycles. The van der Waals surface area contributed by atoms with E-state index in [2.05, 4.69) is 9.97 Å². The molecule has 0 unspecified atom stereocenters. The number of esters is 1. The fourth-order valence-electron chi connectivity index (χ4n) is 4.07. The number of nitrogens with zero attached hydrogens (tertiary/aromatic N) is 3. The van der Waals surface area contributed by atoms with Crippen molar-refractivity contribution < 1.29 is 28.1 Å². The van der Waals surface area contributed by atoms with Crippen molar-refractivity contribution in [2.45, 2.75) is 18.8 Å². The summed E-state index contributed by atoms with van der Waals surface area (Å²) in [5.41, 5.74) is 2.02. The molecule has 0 amide bonds. The number of rotatable bonds is 8. The lowest BCUT2D eigenvalue weighted by Gasteiger charge is -2.33. The first kappa shape index (κ1) is 32.8. The van der Waals surface area contributed by atoms with Gasteiger partial charge in [-0.2, -0.15) is 0 Å². The van der Waals surface area contributed by atoms with E-state index in [9.17, 15) is 9.18 Å². The van der Waals surface area contributed by atoms with E-state index in [4.69, 9.17) is 18.9 Å². The maximum Gasteiger partial charge on any atom is 0.320 e. The second kappa shape index (κ2) is 14.9. The van der Waals surface area contributed by atoms with Gasteiger partial charge in [0, 0.05) is 17.1 Å². The monoisotopic (exact) mass is 611 g/mol. The second-order valence-corrected chi connectivity index (χ2v) is 8.93. The van der Waals surface area contributed by atoms with Crippen LogP contribution in [-0.2, 0) is 16.1 Å². The lowest BCUT2D eigenvalue weighted by Crippen LogP contribution is -2.39. The third kappa shape index (κ3) is 8.08. The SMILES string of the molecule is CN(C)CC(=O)O[C@@H]1c2cc(OCc3ccc4cc(F)ccc4n3)ccc2OC[C@@H]1Oc1cccnc1.Cl.Cl.Cl. The van der Waals surface area contributed by atoms with Gasteiger partial charge in [0.1, 0.15) is 36.3 Å². The number of carbonyl (C=O) groups excluding carboxylic acids is 1. The Morgan fingerprint density at radius 3 is 2.62 bits per heavy atom. The molecule has 4 aromatic rings. The van der Waals surface area contributed by atoms with Crippen LogP contribution in [0.2, 0.25) is 0 Å². The van der Waals surface area contributed by atoms with Crippen molar-refractivity contribution in [2.75, 3.05) is 27.2 Å². The van der Waals surface area contributed by atoms with Gasteiger partial charge in [0.05, 0.1) is 24.0 Å². The molecule has 0 aliphatic carbocycles. The van der Waals surface area contributed by atoms with E-state index >= 15 is 0 Å². The number of likely N-dealkylation sites (N-methyl/N-ethyl adjacent to an activating group) is 1. The van der Waals surface area contributed by atoms with Crippen LogP contribution in [0.4, 0.5) is 4.39 Å². The molecule has 0 spiro atoms. The highest BCUT2D eigenvalue weighted by Crippen LogP contribution is 2.39. The average Bonchev–Trinajstić information content (AvgIpc) is 2.89. The van der Waals surface area contributed by atoms with Crippen molar-refractivity contribution in [3.05, 3.63) is 90.1 Å². The fraction of sp³-hybridized carbons (Fsp3) is 0.250. The summed E-state index contributed by atoms with van der Waals surface area (Å²) in [6, 6.07) is 17.0. The molecule has 0 fully saturated rings. The molecule has 40 heavy (non-hydrogen) atoms. The lowest BCUT2D eigenvalue weighted by atomic mass is 10.00. The second-order valence-electron chi connectivity index (χ2n) is 8.93. The van der Waals surface area contributed by atoms with Gasteiger partial charge in [-0.3, -0.25) is 14.7 Å². The van der Waals surface area contributed by atoms with Gasteiger partial charge in [0.25, 0.3) is 0 Å². The van der Waals surface area contributed by atoms with Gasteiger partial charge in [-0.05, 0) is 68.7 Å². The number of benzene rings is 2. The van der Waals surface area contributed by atoms with Crippen LogP contribution < -0.4 is 14.2 Å². The molecule has 0 saturated heterocycles. The Morgan fingerprint density at radius 1 is 1.05 bits per heavy atom. The largest absolute Gasteiger partial charge is 0.489 e. The highest BCUT2D eigenvalue weighted by molar-refractivity contribution is 5.86. The predicted molar refractivity (Wildman–Crippen MR) is 156 cm³/mol. The predicted octanol–water partition coefficient (Wildman–Crippen LogP) is 5.60. The molecule has 0 bridgehead atoms. The molecular formula is C28H29Cl3FN3O5. The van der Waals surface area contributed by atoms with E-state index in [-0.39, 0.29) is 68.8 Å². The minimum absolute atomic E-state index is 0. The summed E-state index contributed by atoms with van der Waals surface area (Å²) < 4.78 is 37.4. The standard InChI is InChI=1S/C28H26FN3O5.3ClH/c1-32(2)15-27(33)37-28-23-13-21(34-16-20-7-5-18-12-19(29)6-9-24(18)31-20)8-10-25(23)35-17-26(28)36-22-4-3-11-30-14-22;;;/h3-14,26,28H,15-17H2,1-2H3;3*1H/t26-,28+;;;/m0.../s1. The van der Waals surface area contributed by atoms with Crippen molar-refractivity contribution in [1.29, 1.82) is 0 Å². The first-order valence-electron chi connectivity index (χ1n) is 11.8. The highest BCUT2D eigenvalue weighted by Gasteiger charge is 2.36. The molecule has 1 aliphatic rings. The summed E-state index contributed by atoms with van der Waals surface area (Å²) >= 11 is 0. The smallest absolute Gasteiger partial charge is 0.320 e. The average molecular weight is 613 g/mol. The number of aromatic nitrogens is 2. The topological polar surface area (TPSA) is 83.0 Å². The number of ether oxygens (including phenoxy) is 4. The molecule has 0 saturated carbocycles. The number of carbonyl (C=O) groups is 1. The zero-order valence-electron chi connectivity index (χ0n) is 21.7. The summed E-state index contributed by atoms with van der Waals surface area (Å²) in [4.78, 5) is 23.0. The highest BCUT2D eigenvalue weighted by atomic mass is 35.5. The van der Waals surface area contributed by atoms with Crippen molar-refractivity contribution in [3.63, 3.8) is 0 Å². The van der Waals surface area contributed by atoms with Crippen LogP contribution in [0.5, 0.6) is 17.2 Å². The summed E-state index contributed by atoms with van der Waals surface area (Å²) in [6.45, 7) is 0.525. The van der Waals surface area contributed by atoms with Crippen LogP contribution in [0.3, 0.4) is 0 Å². The zero-order valence-corrected chi connectivity index (χ0v) is 24.1. The first-order valence-corrected chi connectivity index (χ1v) is 11.8. The Labute approximate surface area is 250 Å². The number of pyridine rings is 2. The Morgan fingerprint density at radius 2 is 1.88 bits per heavy atom. The zero-order chi connectivity index (χ0) is 25.8. The summed E-state index contributed by atoms with van der Waals surface area (Å²) in [6.07, 6.45) is 1.95. The minimum Gasteiger partial charge on any atom is -0.489 e. The van der Waals surface area contributed by atoms with Gasteiger partial charge in [-0.1, -0.05) is 6.07 Å². The molecule has 0 N–H and O–H groups in total. The van der Waals surface area contributed by atoms with Gasteiger partial charge in [-0.25, -0.2) is 9.37 Å². The van der Waals surface area contributed by atoms with Crippen molar-refractivity contribution in [1.82, 2.24) is 14.9 Å². The third-order valence-corrected chi connectivity index (χ3v) is 5.75. The molecule has 1 aliphatic heterocycles. The van der Waals surface area contributed by atoms with Crippen molar-refractivity contribution in [3.8, 4) is 17.2 Å². The van der Waals surface area contributed by atoms with E-state index in [1.54, 1.807) is 73.9 Å². The Bertz CT molecular complexity index is 1410. The number of hydrogen-bond donors (Lipinski definition) is 0. The van der Waals surface area contributed by atoms with Gasteiger partial charge in [-0.15, -0.1) is 37.2 Å². The van der Waals surface area contributed by atoms with E-state index in [1.165, 1.54) is 12.1 Å². The fourth-order valence-corrected chi connectivity index (χ4v) is 4.07. The number of fused-ring (bicyclic) bond motifs is 2. The van der Waals surface area contributed by atoms with E-state index in [0.29, 0.717) is 34.0 Å². The van der Waals surface area contributed by atoms with Crippen molar-refractivity contribution >= 4 is 54.1 Å². The molecule has 3 heterocycles. The summed E-state index contributed by atoms with van der Waals surface area (Å²) in [5.74, 6) is 1.00. The van der Waals surface area contributed by atoms with Crippen LogP contribution in [0.25, 0.3) is 10.9 Å². The first-order chi connectivity index (χ1) is 17.9. The molecule has 12 heteroatoms. The van der Waals surface area contributed by atoms with Crippen LogP contribution in [-0.4, -0.2) is 54.2 Å². The van der Waals surface area contributed by atoms with E-state index < -0.39 is 12.2 Å². The summed E-state index contributed by atoms with van der Waals surface area (Å²) in [7, 11) is 3.60. The molecule has 8 nitrogen and oxygen atoms in total. The third-order valence-electron chi connectivity index (χ3n) is 5.75. The van der Waals surface area contributed by atoms with E-state index in [0.717, 1.165) is 5.39 Å². The lowest BCUT2D eigenvalue weighted by molar-refractivity contribution is -0.157. The van der Waals surface area contributed by atoms with Gasteiger partial charge < -0.3 is 18.9 Å². The maximum absolute atomic E-state index is 13.5. The molecule has 214 valence electrons. The Balaban J connectivity index is 0.00000187. The molecule has 0 radical (unpaired) electrons. The number of halogens is 4. The minimum atomic E-state index is -0.714. The van der Waals surface area contributed by atoms with Crippen LogP contribution in [0.15, 0.2) is 73.1 Å². The number of hydrogen-bond acceptors (Lipinski definition) is 8. The van der Waals surface area contributed by atoms with Gasteiger partial charge in [0.15, 0.2) is 12.2 Å². The van der Waals surface area contributed by atoms with Gasteiger partial charge >= 0.3 is 5.97 Å². The summed E-state index contributed by atoms with van der Waals surface area (Å²) in [5, 5.41) is 0.719. The maximum atomic E-state index is 13.5. The van der Waals surface area contributed by atoms with Crippen molar-refractivity contribution in [2.24, 2.45) is 0 Å². The van der Waals surface area contributed by atoms with Crippen LogP contribution in [0, 0.1) is 5.82 Å². The quantitative estimate of drug-likeness (QED) is 0.238. The Kier molecular flexibility index (Phi) is 12.2.